The standard InChI is InChI=1S/C13H15N3O4/c1-9-14-12(20-16-9)11(7-17)15-13(18)19-8-10-5-3-2-4-6-10/h2-6,11,17H,7-8H2,1H3,(H,15,18). The molecule has 1 amide bonds. The number of rotatable bonds is 5. The van der Waals surface area contributed by atoms with E-state index in [4.69, 9.17) is 9.26 Å². The number of benzene rings is 1. The van der Waals surface area contributed by atoms with Crippen molar-refractivity contribution in [1.29, 1.82) is 0 Å². The van der Waals surface area contributed by atoms with Crippen LogP contribution in [0.2, 0.25) is 0 Å². The molecule has 0 fully saturated rings. The molecule has 2 N–H and O–H groups in total. The minimum atomic E-state index is -0.778. The van der Waals surface area contributed by atoms with E-state index < -0.39 is 12.1 Å². The van der Waals surface area contributed by atoms with Gasteiger partial charge in [0.25, 0.3) is 5.89 Å². The van der Waals surface area contributed by atoms with Crippen molar-refractivity contribution in [3.05, 3.63) is 47.6 Å². The SMILES string of the molecule is Cc1noc(C(CO)NC(=O)OCc2ccccc2)n1. The van der Waals surface area contributed by atoms with Crippen molar-refractivity contribution in [3.8, 4) is 0 Å². The third-order valence-corrected chi connectivity index (χ3v) is 2.53. The summed E-state index contributed by atoms with van der Waals surface area (Å²) in [5, 5.41) is 15.3. The Balaban J connectivity index is 1.86. The Morgan fingerprint density at radius 3 is 2.80 bits per heavy atom. The molecule has 7 nitrogen and oxygen atoms in total. The number of nitrogens with zero attached hydrogens (tertiary/aromatic N) is 2. The molecule has 1 unspecified atom stereocenters. The molecule has 0 aliphatic rings. The number of amides is 1. The summed E-state index contributed by atoms with van der Waals surface area (Å²) in [4.78, 5) is 15.6. The first-order valence-electron chi connectivity index (χ1n) is 6.07. The molecule has 2 rings (SSSR count). The number of carbonyl (C=O) groups excluding carboxylic acids is 1. The normalized spacial score (nSPS) is 11.9. The average molecular weight is 277 g/mol. The molecule has 0 radical (unpaired) electrons. The maximum Gasteiger partial charge on any atom is 0.408 e. The molecule has 1 heterocycles. The van der Waals surface area contributed by atoms with Crippen LogP contribution in [0.5, 0.6) is 0 Å². The second-order valence-corrected chi connectivity index (χ2v) is 4.12. The summed E-state index contributed by atoms with van der Waals surface area (Å²) in [7, 11) is 0. The maximum absolute atomic E-state index is 11.6. The highest BCUT2D eigenvalue weighted by atomic mass is 16.5. The van der Waals surface area contributed by atoms with E-state index in [1.807, 2.05) is 30.3 Å². The summed E-state index contributed by atoms with van der Waals surface area (Å²) >= 11 is 0. The van der Waals surface area contributed by atoms with Crippen LogP contribution in [0.15, 0.2) is 34.9 Å². The van der Waals surface area contributed by atoms with Gasteiger partial charge in [0, 0.05) is 0 Å². The summed E-state index contributed by atoms with van der Waals surface area (Å²) in [6.45, 7) is 1.44. The zero-order valence-corrected chi connectivity index (χ0v) is 10.9. The van der Waals surface area contributed by atoms with Crippen molar-refractivity contribution < 1.29 is 19.2 Å². The van der Waals surface area contributed by atoms with Gasteiger partial charge in [0.1, 0.15) is 12.6 Å². The molecule has 0 bridgehead atoms. The molecular formula is C13H15N3O4. The number of hydrogen-bond acceptors (Lipinski definition) is 6. The van der Waals surface area contributed by atoms with Crippen LogP contribution in [-0.4, -0.2) is 27.9 Å². The van der Waals surface area contributed by atoms with Crippen LogP contribution in [0.25, 0.3) is 0 Å². The molecule has 1 atom stereocenters. The van der Waals surface area contributed by atoms with Crippen LogP contribution in [0.3, 0.4) is 0 Å². The first-order valence-corrected chi connectivity index (χ1v) is 6.07. The van der Waals surface area contributed by atoms with Gasteiger partial charge in [-0.25, -0.2) is 4.79 Å². The fraction of sp³-hybridized carbons (Fsp3) is 0.308. The highest BCUT2D eigenvalue weighted by Gasteiger charge is 2.20. The van der Waals surface area contributed by atoms with Gasteiger partial charge in [-0.15, -0.1) is 0 Å². The molecule has 7 heteroatoms. The lowest BCUT2D eigenvalue weighted by atomic mass is 10.2. The summed E-state index contributed by atoms with van der Waals surface area (Å²) in [6.07, 6.45) is -0.663. The Morgan fingerprint density at radius 2 is 2.20 bits per heavy atom. The summed E-state index contributed by atoms with van der Waals surface area (Å²) in [5.74, 6) is 0.569. The fourth-order valence-electron chi connectivity index (χ4n) is 1.55. The first kappa shape index (κ1) is 14.0. The minimum Gasteiger partial charge on any atom is -0.445 e. The van der Waals surface area contributed by atoms with Crippen molar-refractivity contribution in [3.63, 3.8) is 0 Å². The number of alkyl carbamates (subject to hydrolysis) is 1. The van der Waals surface area contributed by atoms with Crippen molar-refractivity contribution in [2.24, 2.45) is 0 Å². The van der Waals surface area contributed by atoms with E-state index in [2.05, 4.69) is 15.5 Å². The van der Waals surface area contributed by atoms with Crippen LogP contribution in [0.4, 0.5) is 4.79 Å². The van der Waals surface area contributed by atoms with Gasteiger partial charge in [0.2, 0.25) is 0 Å². The maximum atomic E-state index is 11.6. The lowest BCUT2D eigenvalue weighted by molar-refractivity contribution is 0.124. The Kier molecular flexibility index (Phi) is 4.67. The number of aliphatic hydroxyl groups is 1. The number of nitrogens with one attached hydrogen (secondary N) is 1. The number of hydrogen-bond donors (Lipinski definition) is 2. The summed E-state index contributed by atoms with van der Waals surface area (Å²) in [6, 6.07) is 8.50. The summed E-state index contributed by atoms with van der Waals surface area (Å²) in [5.41, 5.74) is 0.872. The quantitative estimate of drug-likeness (QED) is 0.855. The van der Waals surface area contributed by atoms with Gasteiger partial charge in [-0.2, -0.15) is 4.98 Å². The third-order valence-electron chi connectivity index (χ3n) is 2.53. The topological polar surface area (TPSA) is 97.5 Å². The van der Waals surface area contributed by atoms with Gasteiger partial charge >= 0.3 is 6.09 Å². The van der Waals surface area contributed by atoms with Crippen LogP contribution in [0, 0.1) is 6.92 Å². The van der Waals surface area contributed by atoms with E-state index >= 15 is 0 Å². The lowest BCUT2D eigenvalue weighted by Crippen LogP contribution is -2.31. The van der Waals surface area contributed by atoms with Crippen molar-refractivity contribution >= 4 is 6.09 Å². The Labute approximate surface area is 115 Å². The molecule has 0 saturated carbocycles. The van der Waals surface area contributed by atoms with E-state index in [0.29, 0.717) is 5.82 Å². The Hall–Kier alpha value is -2.41. The molecule has 1 aromatic carbocycles. The fourth-order valence-corrected chi connectivity index (χ4v) is 1.55. The molecule has 0 aliphatic carbocycles. The van der Waals surface area contributed by atoms with Crippen LogP contribution in [-0.2, 0) is 11.3 Å². The number of aryl methyl sites for hydroxylation is 1. The van der Waals surface area contributed by atoms with Crippen LogP contribution < -0.4 is 5.32 Å². The molecule has 0 aliphatic heterocycles. The molecule has 0 spiro atoms. The van der Waals surface area contributed by atoms with Gasteiger partial charge in [0.05, 0.1) is 6.61 Å². The smallest absolute Gasteiger partial charge is 0.408 e. The second-order valence-electron chi connectivity index (χ2n) is 4.12. The number of aromatic nitrogens is 2. The van der Waals surface area contributed by atoms with E-state index in [1.165, 1.54) is 0 Å². The van der Waals surface area contributed by atoms with E-state index in [0.717, 1.165) is 5.56 Å². The predicted octanol–water partition coefficient (Wildman–Crippen LogP) is 1.34. The molecule has 2 aromatic rings. The second kappa shape index (κ2) is 6.67. The predicted molar refractivity (Wildman–Crippen MR) is 68.6 cm³/mol. The number of carbonyl (C=O) groups is 1. The van der Waals surface area contributed by atoms with Gasteiger partial charge in [-0.05, 0) is 12.5 Å². The zero-order valence-electron chi connectivity index (χ0n) is 10.9. The molecule has 1 aromatic heterocycles. The van der Waals surface area contributed by atoms with Crippen molar-refractivity contribution in [1.82, 2.24) is 15.5 Å². The first-order chi connectivity index (χ1) is 9.69. The molecule has 0 saturated heterocycles. The van der Waals surface area contributed by atoms with E-state index in [-0.39, 0.29) is 19.1 Å². The highest BCUT2D eigenvalue weighted by molar-refractivity contribution is 5.67. The Morgan fingerprint density at radius 1 is 1.45 bits per heavy atom. The van der Waals surface area contributed by atoms with Gasteiger partial charge in [0.15, 0.2) is 5.82 Å². The van der Waals surface area contributed by atoms with E-state index in [9.17, 15) is 9.90 Å². The van der Waals surface area contributed by atoms with Gasteiger partial charge in [-0.1, -0.05) is 35.5 Å². The van der Waals surface area contributed by atoms with E-state index in [1.54, 1.807) is 6.92 Å². The van der Waals surface area contributed by atoms with Crippen LogP contribution in [0.1, 0.15) is 23.3 Å². The largest absolute Gasteiger partial charge is 0.445 e. The molecule has 106 valence electrons. The molecule has 20 heavy (non-hydrogen) atoms. The minimum absolute atomic E-state index is 0.140. The van der Waals surface area contributed by atoms with Crippen molar-refractivity contribution in [2.45, 2.75) is 19.6 Å². The number of ether oxygens (including phenoxy) is 1. The number of aliphatic hydroxyl groups excluding tert-OH is 1. The molecular weight excluding hydrogens is 262 g/mol. The van der Waals surface area contributed by atoms with Crippen molar-refractivity contribution in [2.75, 3.05) is 6.61 Å². The average Bonchev–Trinajstić information content (AvgIpc) is 2.90. The van der Waals surface area contributed by atoms with Crippen LogP contribution >= 0.6 is 0 Å². The monoisotopic (exact) mass is 277 g/mol. The highest BCUT2D eigenvalue weighted by Crippen LogP contribution is 2.10. The van der Waals surface area contributed by atoms with Gasteiger partial charge < -0.3 is 19.7 Å². The Bertz CT molecular complexity index is 556. The van der Waals surface area contributed by atoms with Gasteiger partial charge in [-0.3, -0.25) is 0 Å². The zero-order chi connectivity index (χ0) is 14.4. The lowest BCUT2D eigenvalue weighted by Gasteiger charge is -2.12. The summed E-state index contributed by atoms with van der Waals surface area (Å²) < 4.78 is 9.93. The third kappa shape index (κ3) is 3.79.